The number of aromatic nitrogens is 3. The fraction of sp³-hybridized carbons (Fsp3) is 0. The molecule has 1 aromatic carbocycles. The predicted molar refractivity (Wildman–Crippen MR) is 67.4 cm³/mol. The monoisotopic (exact) mass is 238 g/mol. The average molecular weight is 238 g/mol. The van der Waals surface area contributed by atoms with E-state index in [1.807, 2.05) is 30.3 Å². The van der Waals surface area contributed by atoms with Gasteiger partial charge in [-0.1, -0.05) is 30.3 Å². The Morgan fingerprint density at radius 1 is 0.944 bits per heavy atom. The second-order valence-corrected chi connectivity index (χ2v) is 3.71. The maximum Gasteiger partial charge on any atom is 0.219 e. The number of furan rings is 1. The molecule has 5 heteroatoms. The van der Waals surface area contributed by atoms with Crippen molar-refractivity contribution in [3.63, 3.8) is 0 Å². The van der Waals surface area contributed by atoms with E-state index in [2.05, 4.69) is 15.2 Å². The third-order valence-electron chi connectivity index (χ3n) is 2.50. The van der Waals surface area contributed by atoms with Gasteiger partial charge in [0.05, 0.1) is 6.26 Å². The van der Waals surface area contributed by atoms with Crippen LogP contribution >= 0.6 is 0 Å². The lowest BCUT2D eigenvalue weighted by molar-refractivity contribution is 0.576. The van der Waals surface area contributed by atoms with Crippen LogP contribution in [0.2, 0.25) is 0 Å². The first-order chi connectivity index (χ1) is 8.84. The Labute approximate surface area is 103 Å². The van der Waals surface area contributed by atoms with E-state index < -0.39 is 0 Å². The molecule has 0 spiro atoms. The molecule has 2 aromatic heterocycles. The van der Waals surface area contributed by atoms with Gasteiger partial charge in [-0.15, -0.1) is 10.2 Å². The number of nitrogen functional groups attached to an aromatic ring is 1. The van der Waals surface area contributed by atoms with Gasteiger partial charge >= 0.3 is 0 Å². The van der Waals surface area contributed by atoms with Gasteiger partial charge in [-0.2, -0.15) is 0 Å². The maximum absolute atomic E-state index is 5.90. The standard InChI is InChI=1S/C13H10N4O/c14-12-11(9-5-2-1-3-6-9)16-17-13(15-12)10-7-4-8-18-10/h1-8H,(H2,14,15,17). The summed E-state index contributed by atoms with van der Waals surface area (Å²) in [5.41, 5.74) is 7.37. The summed E-state index contributed by atoms with van der Waals surface area (Å²) in [6, 6.07) is 13.1. The minimum absolute atomic E-state index is 0.336. The number of benzene rings is 1. The third kappa shape index (κ3) is 1.82. The van der Waals surface area contributed by atoms with Crippen LogP contribution in [0.5, 0.6) is 0 Å². The van der Waals surface area contributed by atoms with Gasteiger partial charge in [-0.05, 0) is 12.1 Å². The predicted octanol–water partition coefficient (Wildman–Crippen LogP) is 2.38. The highest BCUT2D eigenvalue weighted by molar-refractivity contribution is 5.70. The summed E-state index contributed by atoms with van der Waals surface area (Å²) in [6.45, 7) is 0. The fourth-order valence-corrected chi connectivity index (χ4v) is 1.65. The fourth-order valence-electron chi connectivity index (χ4n) is 1.65. The van der Waals surface area contributed by atoms with Crippen LogP contribution in [-0.2, 0) is 0 Å². The summed E-state index contributed by atoms with van der Waals surface area (Å²) >= 11 is 0. The first-order valence-corrected chi connectivity index (χ1v) is 5.44. The van der Waals surface area contributed by atoms with Crippen LogP contribution in [0.3, 0.4) is 0 Å². The lowest BCUT2D eigenvalue weighted by Crippen LogP contribution is -2.01. The van der Waals surface area contributed by atoms with Crippen LogP contribution in [0.15, 0.2) is 53.1 Å². The van der Waals surface area contributed by atoms with Crippen molar-refractivity contribution in [3.8, 4) is 22.8 Å². The molecule has 2 N–H and O–H groups in total. The topological polar surface area (TPSA) is 77.8 Å². The molecule has 18 heavy (non-hydrogen) atoms. The molecule has 0 bridgehead atoms. The van der Waals surface area contributed by atoms with Crippen molar-refractivity contribution in [2.24, 2.45) is 0 Å². The van der Waals surface area contributed by atoms with E-state index in [4.69, 9.17) is 10.2 Å². The van der Waals surface area contributed by atoms with E-state index in [-0.39, 0.29) is 0 Å². The lowest BCUT2D eigenvalue weighted by atomic mass is 10.1. The smallest absolute Gasteiger partial charge is 0.219 e. The van der Waals surface area contributed by atoms with Crippen LogP contribution in [0.25, 0.3) is 22.8 Å². The number of nitrogens with zero attached hydrogens (tertiary/aromatic N) is 3. The SMILES string of the molecule is Nc1nc(-c2ccco2)nnc1-c1ccccc1. The first-order valence-electron chi connectivity index (χ1n) is 5.44. The summed E-state index contributed by atoms with van der Waals surface area (Å²) in [5, 5.41) is 8.13. The summed E-state index contributed by atoms with van der Waals surface area (Å²) in [7, 11) is 0. The van der Waals surface area contributed by atoms with Crippen LogP contribution in [-0.4, -0.2) is 15.2 Å². The molecule has 0 saturated heterocycles. The Morgan fingerprint density at radius 2 is 1.78 bits per heavy atom. The zero-order valence-electron chi connectivity index (χ0n) is 9.45. The Bertz CT molecular complexity index is 650. The van der Waals surface area contributed by atoms with Gasteiger partial charge < -0.3 is 10.2 Å². The zero-order chi connectivity index (χ0) is 12.4. The van der Waals surface area contributed by atoms with Crippen LogP contribution < -0.4 is 5.73 Å². The van der Waals surface area contributed by atoms with Gasteiger partial charge in [0.1, 0.15) is 5.69 Å². The molecule has 0 unspecified atom stereocenters. The largest absolute Gasteiger partial charge is 0.461 e. The summed E-state index contributed by atoms with van der Waals surface area (Å²) in [4.78, 5) is 4.20. The molecule has 5 nitrogen and oxygen atoms in total. The number of hydrogen-bond acceptors (Lipinski definition) is 5. The van der Waals surface area contributed by atoms with Crippen molar-refractivity contribution >= 4 is 5.82 Å². The van der Waals surface area contributed by atoms with Gasteiger partial charge in [0.25, 0.3) is 0 Å². The molecule has 0 aliphatic rings. The maximum atomic E-state index is 5.90. The summed E-state index contributed by atoms with van der Waals surface area (Å²) in [5.74, 6) is 1.27. The highest BCUT2D eigenvalue weighted by atomic mass is 16.3. The van der Waals surface area contributed by atoms with E-state index >= 15 is 0 Å². The minimum atomic E-state index is 0.336. The van der Waals surface area contributed by atoms with Crippen LogP contribution in [0, 0.1) is 0 Å². The van der Waals surface area contributed by atoms with E-state index in [0.29, 0.717) is 23.1 Å². The molecular weight excluding hydrogens is 228 g/mol. The van der Waals surface area contributed by atoms with Gasteiger partial charge in [0, 0.05) is 5.56 Å². The molecule has 0 aliphatic heterocycles. The highest BCUT2D eigenvalue weighted by Crippen LogP contribution is 2.23. The van der Waals surface area contributed by atoms with Gasteiger partial charge in [0.2, 0.25) is 5.82 Å². The molecule has 0 amide bonds. The van der Waals surface area contributed by atoms with E-state index in [9.17, 15) is 0 Å². The molecule has 3 rings (SSSR count). The Morgan fingerprint density at radius 3 is 2.44 bits per heavy atom. The molecule has 0 radical (unpaired) electrons. The molecule has 0 fully saturated rings. The number of rotatable bonds is 2. The van der Waals surface area contributed by atoms with Crippen molar-refractivity contribution in [2.45, 2.75) is 0 Å². The summed E-state index contributed by atoms with van der Waals surface area (Å²) < 4.78 is 5.20. The average Bonchev–Trinajstić information content (AvgIpc) is 2.93. The van der Waals surface area contributed by atoms with Crippen molar-refractivity contribution in [1.82, 2.24) is 15.2 Å². The van der Waals surface area contributed by atoms with Gasteiger partial charge in [0.15, 0.2) is 11.6 Å². The number of hydrogen-bond donors (Lipinski definition) is 1. The van der Waals surface area contributed by atoms with Crippen molar-refractivity contribution < 1.29 is 4.42 Å². The molecule has 0 saturated carbocycles. The molecule has 2 heterocycles. The Balaban J connectivity index is 2.05. The van der Waals surface area contributed by atoms with Gasteiger partial charge in [-0.25, -0.2) is 4.98 Å². The van der Waals surface area contributed by atoms with Crippen molar-refractivity contribution in [3.05, 3.63) is 48.7 Å². The normalized spacial score (nSPS) is 10.4. The lowest BCUT2D eigenvalue weighted by Gasteiger charge is -2.03. The first kappa shape index (κ1) is 10.5. The molecule has 0 atom stereocenters. The molecule has 3 aromatic rings. The minimum Gasteiger partial charge on any atom is -0.461 e. The molecular formula is C13H10N4O. The number of anilines is 1. The number of nitrogens with two attached hydrogens (primary N) is 1. The van der Waals surface area contributed by atoms with Gasteiger partial charge in [-0.3, -0.25) is 0 Å². The second-order valence-electron chi connectivity index (χ2n) is 3.71. The van der Waals surface area contributed by atoms with E-state index in [0.717, 1.165) is 5.56 Å². The van der Waals surface area contributed by atoms with Crippen LogP contribution in [0.1, 0.15) is 0 Å². The second kappa shape index (κ2) is 4.29. The van der Waals surface area contributed by atoms with E-state index in [1.165, 1.54) is 0 Å². The molecule has 0 aliphatic carbocycles. The highest BCUT2D eigenvalue weighted by Gasteiger charge is 2.10. The third-order valence-corrected chi connectivity index (χ3v) is 2.50. The molecule has 88 valence electrons. The Kier molecular flexibility index (Phi) is 2.49. The quantitative estimate of drug-likeness (QED) is 0.741. The van der Waals surface area contributed by atoms with Crippen molar-refractivity contribution in [1.29, 1.82) is 0 Å². The van der Waals surface area contributed by atoms with Crippen molar-refractivity contribution in [2.75, 3.05) is 5.73 Å². The van der Waals surface area contributed by atoms with Crippen LogP contribution in [0.4, 0.5) is 5.82 Å². The van der Waals surface area contributed by atoms with E-state index in [1.54, 1.807) is 18.4 Å². The zero-order valence-corrected chi connectivity index (χ0v) is 9.45. The Hall–Kier alpha value is -2.69. The summed E-state index contributed by atoms with van der Waals surface area (Å²) in [6.07, 6.45) is 1.56.